The van der Waals surface area contributed by atoms with Crippen molar-refractivity contribution in [2.45, 2.75) is 24.6 Å². The number of methoxy groups -OCH3 is 1. The van der Waals surface area contributed by atoms with Gasteiger partial charge in [0.15, 0.2) is 5.17 Å². The number of amides is 2. The summed E-state index contributed by atoms with van der Waals surface area (Å²) in [7, 11) is 1.50. The molecule has 5 N–H and O–H groups in total. The van der Waals surface area contributed by atoms with Gasteiger partial charge in [0.1, 0.15) is 22.6 Å². The first-order valence-electron chi connectivity index (χ1n) is 10.8. The predicted octanol–water partition coefficient (Wildman–Crippen LogP) is 1.79. The van der Waals surface area contributed by atoms with E-state index in [2.05, 4.69) is 25.6 Å². The van der Waals surface area contributed by atoms with Crippen LogP contribution in [-0.2, 0) is 9.59 Å². The first-order valence-corrected chi connectivity index (χ1v) is 11.7. The quantitative estimate of drug-likeness (QED) is 0.324. The van der Waals surface area contributed by atoms with E-state index in [1.165, 1.54) is 7.11 Å². The van der Waals surface area contributed by atoms with Crippen LogP contribution in [-0.4, -0.2) is 44.4 Å². The highest BCUT2D eigenvalue weighted by atomic mass is 32.2. The molecule has 0 bridgehead atoms. The molecule has 0 saturated carbocycles. The zero-order valence-electron chi connectivity index (χ0n) is 19.3. The van der Waals surface area contributed by atoms with Gasteiger partial charge in [-0.15, -0.1) is 0 Å². The van der Waals surface area contributed by atoms with Gasteiger partial charge in [0.05, 0.1) is 7.11 Å². The van der Waals surface area contributed by atoms with E-state index in [4.69, 9.17) is 4.74 Å². The third kappa shape index (κ3) is 5.66. The fourth-order valence-electron chi connectivity index (χ4n) is 3.56. The molecule has 11 nitrogen and oxygen atoms in total. The van der Waals surface area contributed by atoms with Gasteiger partial charge in [0, 0.05) is 12.1 Å². The Labute approximate surface area is 209 Å². The van der Waals surface area contributed by atoms with Crippen LogP contribution in [0.15, 0.2) is 63.1 Å². The molecule has 1 saturated heterocycles. The summed E-state index contributed by atoms with van der Waals surface area (Å²) >= 11 is 1.04. The summed E-state index contributed by atoms with van der Waals surface area (Å²) in [6, 6.07) is 12.8. The van der Waals surface area contributed by atoms with E-state index < -0.39 is 34.3 Å². The van der Waals surface area contributed by atoms with E-state index in [-0.39, 0.29) is 23.1 Å². The van der Waals surface area contributed by atoms with Gasteiger partial charge in [0.25, 0.3) is 5.56 Å². The predicted molar refractivity (Wildman–Crippen MR) is 136 cm³/mol. The lowest BCUT2D eigenvalue weighted by molar-refractivity contribution is -0.122. The van der Waals surface area contributed by atoms with Crippen molar-refractivity contribution in [1.82, 2.24) is 15.3 Å². The van der Waals surface area contributed by atoms with Gasteiger partial charge in [-0.1, -0.05) is 41.6 Å². The zero-order chi connectivity index (χ0) is 25.8. The number of hydrogen-bond acceptors (Lipinski definition) is 8. The minimum absolute atomic E-state index is 0.0961. The number of nitrogens with one attached hydrogen (secondary N) is 4. The number of aromatic nitrogens is 2. The Hall–Kier alpha value is -4.32. The maximum atomic E-state index is 12.6. The lowest BCUT2D eigenvalue weighted by Crippen LogP contribution is -2.29. The minimum Gasteiger partial charge on any atom is -0.497 e. The number of ether oxygens (including phenoxy) is 1. The van der Waals surface area contributed by atoms with Crippen molar-refractivity contribution >= 4 is 34.4 Å². The number of aryl methyl sites for hydroxylation is 1. The third-order valence-electron chi connectivity index (χ3n) is 5.39. The number of H-pyrrole nitrogens is 2. The topological polar surface area (TPSA) is 166 Å². The van der Waals surface area contributed by atoms with Crippen LogP contribution >= 0.6 is 11.8 Å². The van der Waals surface area contributed by atoms with Crippen LogP contribution in [0.3, 0.4) is 0 Å². The molecule has 1 aromatic heterocycles. The molecule has 12 heteroatoms. The molecule has 1 aliphatic heterocycles. The molecule has 0 aliphatic carbocycles. The number of aromatic hydroxyl groups is 1. The first kappa shape index (κ1) is 24.8. The molecule has 2 amide bonds. The smallest absolute Gasteiger partial charge is 0.328 e. The van der Waals surface area contributed by atoms with Gasteiger partial charge >= 0.3 is 5.69 Å². The molecule has 0 radical (unpaired) electrons. The van der Waals surface area contributed by atoms with Crippen molar-refractivity contribution in [1.29, 1.82) is 0 Å². The number of carbonyl (C=O) groups is 2. The lowest BCUT2D eigenvalue weighted by atomic mass is 10.0. The fraction of sp³-hybridized carbons (Fsp3) is 0.208. The van der Waals surface area contributed by atoms with Gasteiger partial charge in [-0.05, 0) is 36.8 Å². The molecule has 4 rings (SSSR count). The second kappa shape index (κ2) is 10.5. The Balaban J connectivity index is 1.59. The summed E-state index contributed by atoms with van der Waals surface area (Å²) in [6.07, 6.45) is -0.0961. The molecule has 2 atom stereocenters. The van der Waals surface area contributed by atoms with Gasteiger partial charge in [0.2, 0.25) is 17.7 Å². The number of nitrogens with zero attached hydrogens (tertiary/aromatic N) is 1. The van der Waals surface area contributed by atoms with Crippen LogP contribution in [0, 0.1) is 6.92 Å². The monoisotopic (exact) mass is 509 g/mol. The van der Waals surface area contributed by atoms with Gasteiger partial charge < -0.3 is 20.5 Å². The number of thioether (sulfide) groups is 1. The summed E-state index contributed by atoms with van der Waals surface area (Å²) in [4.78, 5) is 57.9. The third-order valence-corrected chi connectivity index (χ3v) is 6.49. The van der Waals surface area contributed by atoms with Crippen molar-refractivity contribution in [2.75, 3.05) is 12.4 Å². The highest BCUT2D eigenvalue weighted by molar-refractivity contribution is 8.15. The summed E-state index contributed by atoms with van der Waals surface area (Å²) in [5.74, 6) is -0.828. The molecule has 2 aromatic carbocycles. The summed E-state index contributed by atoms with van der Waals surface area (Å²) < 4.78 is 5.17. The first-order chi connectivity index (χ1) is 17.2. The molecule has 2 heterocycles. The highest BCUT2D eigenvalue weighted by Gasteiger charge is 2.33. The average Bonchev–Trinajstić information content (AvgIpc) is 3.17. The lowest BCUT2D eigenvalue weighted by Gasteiger charge is -2.15. The van der Waals surface area contributed by atoms with Crippen molar-refractivity contribution in [2.24, 2.45) is 4.99 Å². The number of anilines is 1. The standard InChI is InChI=1S/C24H23N5O6S/c1-12-3-7-14(8-4-12)25-17(30)11-16-20(31)29-24(36-16)26-19(13-5-9-15(35-2)10-6-13)18-21(32)27-23(34)28-22(18)33/h3-10,16,19H,11H2,1-2H3,(H,25,30)(H,26,29,31)(H3,27,28,32,33,34). The highest BCUT2D eigenvalue weighted by Crippen LogP contribution is 2.32. The van der Waals surface area contributed by atoms with E-state index in [0.717, 1.165) is 17.3 Å². The normalized spacial score (nSPS) is 17.0. The second-order valence-corrected chi connectivity index (χ2v) is 9.19. The summed E-state index contributed by atoms with van der Waals surface area (Å²) in [5, 5.41) is 15.2. The van der Waals surface area contributed by atoms with Crippen LogP contribution in [0.5, 0.6) is 11.6 Å². The van der Waals surface area contributed by atoms with E-state index in [1.54, 1.807) is 36.4 Å². The number of carbonyl (C=O) groups excluding carboxylic acids is 2. The van der Waals surface area contributed by atoms with Crippen molar-refractivity contribution in [3.63, 3.8) is 0 Å². The van der Waals surface area contributed by atoms with E-state index in [1.807, 2.05) is 19.1 Å². The Morgan fingerprint density at radius 1 is 1.11 bits per heavy atom. The van der Waals surface area contributed by atoms with E-state index in [9.17, 15) is 24.3 Å². The fourth-order valence-corrected chi connectivity index (χ4v) is 4.56. The van der Waals surface area contributed by atoms with Crippen molar-refractivity contribution < 1.29 is 19.4 Å². The van der Waals surface area contributed by atoms with Crippen LogP contribution in [0.1, 0.15) is 29.2 Å². The number of aromatic amines is 2. The SMILES string of the molecule is COc1ccc(C(N=C2NC(=O)C(CC(=O)Nc3ccc(C)cc3)S2)c2c(O)[nH]c(=O)[nH]c2=O)cc1. The van der Waals surface area contributed by atoms with Gasteiger partial charge in [-0.25, -0.2) is 9.79 Å². The van der Waals surface area contributed by atoms with Crippen LogP contribution in [0.2, 0.25) is 0 Å². The number of benzene rings is 2. The molecule has 36 heavy (non-hydrogen) atoms. The molecular formula is C24H23N5O6S. The van der Waals surface area contributed by atoms with Gasteiger partial charge in [-0.2, -0.15) is 0 Å². The molecule has 1 fully saturated rings. The Bertz CT molecular complexity index is 1430. The van der Waals surface area contributed by atoms with E-state index >= 15 is 0 Å². The molecule has 3 aromatic rings. The molecule has 186 valence electrons. The minimum atomic E-state index is -1.07. The summed E-state index contributed by atoms with van der Waals surface area (Å²) in [6.45, 7) is 1.94. The number of rotatable bonds is 7. The van der Waals surface area contributed by atoms with Crippen LogP contribution in [0.4, 0.5) is 5.69 Å². The molecule has 0 spiro atoms. The van der Waals surface area contributed by atoms with E-state index in [0.29, 0.717) is 17.0 Å². The van der Waals surface area contributed by atoms with Crippen molar-refractivity contribution in [3.05, 3.63) is 86.1 Å². The van der Waals surface area contributed by atoms with Crippen LogP contribution in [0.25, 0.3) is 0 Å². The maximum absolute atomic E-state index is 12.6. The zero-order valence-corrected chi connectivity index (χ0v) is 20.1. The van der Waals surface area contributed by atoms with Crippen molar-refractivity contribution in [3.8, 4) is 11.6 Å². The second-order valence-electron chi connectivity index (χ2n) is 7.99. The van der Waals surface area contributed by atoms with Gasteiger partial charge in [-0.3, -0.25) is 24.4 Å². The Morgan fingerprint density at radius 3 is 2.44 bits per heavy atom. The number of amidine groups is 1. The molecule has 2 unspecified atom stereocenters. The summed E-state index contributed by atoms with van der Waals surface area (Å²) in [5.41, 5.74) is 0.262. The number of hydrogen-bond donors (Lipinski definition) is 5. The largest absolute Gasteiger partial charge is 0.497 e. The maximum Gasteiger partial charge on any atom is 0.328 e. The number of aliphatic imine (C=N–C) groups is 1. The molecule has 1 aliphatic rings. The average molecular weight is 510 g/mol. The Morgan fingerprint density at radius 2 is 1.81 bits per heavy atom. The van der Waals surface area contributed by atoms with Crippen LogP contribution < -0.4 is 26.6 Å². The Kier molecular flexibility index (Phi) is 7.25. The molecular weight excluding hydrogens is 486 g/mol.